The largest absolute Gasteiger partial charge is 0.466 e. The fourth-order valence-corrected chi connectivity index (χ4v) is 5.70. The van der Waals surface area contributed by atoms with Gasteiger partial charge in [0.25, 0.3) is 5.91 Å². The molecule has 0 radical (unpaired) electrons. The van der Waals surface area contributed by atoms with E-state index >= 15 is 0 Å². The number of amides is 1. The van der Waals surface area contributed by atoms with E-state index in [-0.39, 0.29) is 17.8 Å². The third-order valence-electron chi connectivity index (χ3n) is 6.96. The van der Waals surface area contributed by atoms with E-state index in [4.69, 9.17) is 4.74 Å². The molecule has 5 rings (SSSR count). The molecule has 0 spiro atoms. The molecule has 39 heavy (non-hydrogen) atoms. The molecule has 2 aliphatic heterocycles. The highest BCUT2D eigenvalue weighted by molar-refractivity contribution is 7.99. The van der Waals surface area contributed by atoms with Crippen LogP contribution in [0.3, 0.4) is 0 Å². The molecule has 0 N–H and O–H groups in total. The number of thioether (sulfide) groups is 1. The summed E-state index contributed by atoms with van der Waals surface area (Å²) < 4.78 is 7.25. The topological polar surface area (TPSA) is 89.7 Å². The molecule has 3 aromatic rings. The van der Waals surface area contributed by atoms with Gasteiger partial charge in [-0.3, -0.25) is 19.1 Å². The van der Waals surface area contributed by atoms with Gasteiger partial charge in [-0.05, 0) is 51.8 Å². The normalized spacial score (nSPS) is 17.1. The molecular formula is C30H33N5O3S. The SMILES string of the molecule is CCOC(=O)C1CCCN(C(=O)C2=CCC(CSc3nnc(-c4ccc(C)cc4)n3-c3ccc(C)cc3)=N2)C1. The van der Waals surface area contributed by atoms with E-state index in [9.17, 15) is 9.59 Å². The second-order valence-corrected chi connectivity index (χ2v) is 10.9. The van der Waals surface area contributed by atoms with Crippen molar-refractivity contribution in [3.63, 3.8) is 0 Å². The van der Waals surface area contributed by atoms with Crippen LogP contribution in [0.5, 0.6) is 0 Å². The van der Waals surface area contributed by atoms with Gasteiger partial charge in [-0.25, -0.2) is 0 Å². The highest BCUT2D eigenvalue weighted by atomic mass is 32.2. The number of hydrogen-bond acceptors (Lipinski definition) is 7. The number of aliphatic imine (C=N–C) groups is 1. The summed E-state index contributed by atoms with van der Waals surface area (Å²) in [5.74, 6) is 0.771. The van der Waals surface area contributed by atoms with Crippen molar-refractivity contribution >= 4 is 29.4 Å². The van der Waals surface area contributed by atoms with Crippen molar-refractivity contribution in [2.24, 2.45) is 10.9 Å². The number of allylic oxidation sites excluding steroid dienone is 1. The van der Waals surface area contributed by atoms with Crippen LogP contribution >= 0.6 is 11.8 Å². The second kappa shape index (κ2) is 12.0. The Labute approximate surface area is 233 Å². The van der Waals surface area contributed by atoms with Crippen molar-refractivity contribution in [3.05, 3.63) is 71.4 Å². The van der Waals surface area contributed by atoms with Gasteiger partial charge in [0.15, 0.2) is 11.0 Å². The summed E-state index contributed by atoms with van der Waals surface area (Å²) >= 11 is 1.56. The Bertz CT molecular complexity index is 1410. The molecule has 0 bridgehead atoms. The Balaban J connectivity index is 1.30. The van der Waals surface area contributed by atoms with E-state index < -0.39 is 0 Å². The fraction of sp³-hybridized carbons (Fsp3) is 0.367. The summed E-state index contributed by atoms with van der Waals surface area (Å²) in [4.78, 5) is 31.8. The third-order valence-corrected chi connectivity index (χ3v) is 7.96. The summed E-state index contributed by atoms with van der Waals surface area (Å²) in [6.45, 7) is 7.30. The Morgan fingerprint density at radius 2 is 1.74 bits per heavy atom. The molecule has 1 amide bonds. The Hall–Kier alpha value is -3.72. The standard InChI is InChI=1S/C30H33N5O3S/c1-4-38-29(37)23-6-5-17-34(18-23)28(36)26-16-13-24(31-26)19-39-30-33-32-27(22-11-7-20(2)8-12-22)35(30)25-14-9-21(3)10-15-25/h7-12,14-16,23H,4-6,13,17-19H2,1-3H3. The van der Waals surface area contributed by atoms with Crippen molar-refractivity contribution in [1.29, 1.82) is 0 Å². The monoisotopic (exact) mass is 543 g/mol. The number of aryl methyl sites for hydroxylation is 2. The van der Waals surface area contributed by atoms with E-state index in [1.807, 2.05) is 6.08 Å². The number of carbonyl (C=O) groups is 2. The van der Waals surface area contributed by atoms with Crippen LogP contribution in [-0.2, 0) is 14.3 Å². The summed E-state index contributed by atoms with van der Waals surface area (Å²) in [6.07, 6.45) is 4.04. The number of esters is 1. The third kappa shape index (κ3) is 6.14. The van der Waals surface area contributed by atoms with Gasteiger partial charge in [-0.15, -0.1) is 10.2 Å². The molecule has 3 heterocycles. The number of hydrogen-bond donors (Lipinski definition) is 0. The zero-order valence-electron chi connectivity index (χ0n) is 22.6. The molecule has 0 aliphatic carbocycles. The number of likely N-dealkylation sites (tertiary alicyclic amines) is 1. The smallest absolute Gasteiger partial charge is 0.310 e. The highest BCUT2D eigenvalue weighted by Crippen LogP contribution is 2.30. The van der Waals surface area contributed by atoms with E-state index in [1.165, 1.54) is 11.1 Å². The molecule has 1 saturated heterocycles. The van der Waals surface area contributed by atoms with Crippen molar-refractivity contribution in [2.75, 3.05) is 25.4 Å². The van der Waals surface area contributed by atoms with Crippen LogP contribution in [-0.4, -0.2) is 62.7 Å². The number of benzene rings is 2. The molecule has 2 aliphatic rings. The molecule has 2 aromatic carbocycles. The first kappa shape index (κ1) is 26.9. The summed E-state index contributed by atoms with van der Waals surface area (Å²) in [6, 6.07) is 16.6. The molecule has 1 fully saturated rings. The zero-order chi connectivity index (χ0) is 27.4. The summed E-state index contributed by atoms with van der Waals surface area (Å²) in [5.41, 5.74) is 5.73. The van der Waals surface area contributed by atoms with Gasteiger partial charge in [0, 0.05) is 42.2 Å². The van der Waals surface area contributed by atoms with Gasteiger partial charge < -0.3 is 9.64 Å². The molecule has 0 saturated carbocycles. The van der Waals surface area contributed by atoms with E-state index in [1.54, 1.807) is 23.6 Å². The Morgan fingerprint density at radius 1 is 1.03 bits per heavy atom. The highest BCUT2D eigenvalue weighted by Gasteiger charge is 2.31. The van der Waals surface area contributed by atoms with E-state index in [0.29, 0.717) is 37.6 Å². The average molecular weight is 544 g/mol. The number of ether oxygens (including phenoxy) is 1. The van der Waals surface area contributed by atoms with Gasteiger partial charge in [-0.1, -0.05) is 59.3 Å². The van der Waals surface area contributed by atoms with Gasteiger partial charge in [-0.2, -0.15) is 0 Å². The van der Waals surface area contributed by atoms with Gasteiger partial charge in [0.1, 0.15) is 5.70 Å². The minimum atomic E-state index is -0.264. The lowest BCUT2D eigenvalue weighted by atomic mass is 9.98. The van der Waals surface area contributed by atoms with Gasteiger partial charge in [0.2, 0.25) is 0 Å². The van der Waals surface area contributed by atoms with E-state index in [0.717, 1.165) is 40.8 Å². The lowest BCUT2D eigenvalue weighted by Crippen LogP contribution is -2.43. The molecule has 1 atom stereocenters. The molecular weight excluding hydrogens is 510 g/mol. The fourth-order valence-electron chi connectivity index (χ4n) is 4.81. The van der Waals surface area contributed by atoms with Crippen molar-refractivity contribution < 1.29 is 14.3 Å². The zero-order valence-corrected chi connectivity index (χ0v) is 23.4. The number of carbonyl (C=O) groups excluding carboxylic acids is 2. The average Bonchev–Trinajstić information content (AvgIpc) is 3.60. The maximum Gasteiger partial charge on any atom is 0.310 e. The quantitative estimate of drug-likeness (QED) is 0.288. The molecule has 1 unspecified atom stereocenters. The summed E-state index contributed by atoms with van der Waals surface area (Å²) in [7, 11) is 0. The number of aromatic nitrogens is 3. The minimum Gasteiger partial charge on any atom is -0.466 e. The number of rotatable bonds is 8. The Kier molecular flexibility index (Phi) is 8.26. The van der Waals surface area contributed by atoms with Crippen LogP contribution in [0, 0.1) is 19.8 Å². The molecule has 1 aromatic heterocycles. The minimum absolute atomic E-state index is 0.117. The van der Waals surface area contributed by atoms with Crippen LogP contribution in [0.2, 0.25) is 0 Å². The first-order valence-electron chi connectivity index (χ1n) is 13.4. The maximum atomic E-state index is 13.2. The van der Waals surface area contributed by atoms with Crippen LogP contribution in [0.4, 0.5) is 0 Å². The predicted octanol–water partition coefficient (Wildman–Crippen LogP) is 5.17. The van der Waals surface area contributed by atoms with Crippen molar-refractivity contribution in [3.8, 4) is 17.1 Å². The van der Waals surface area contributed by atoms with Crippen LogP contribution < -0.4 is 0 Å². The van der Waals surface area contributed by atoms with Gasteiger partial charge in [0.05, 0.1) is 12.5 Å². The molecule has 9 heteroatoms. The predicted molar refractivity (Wildman–Crippen MR) is 153 cm³/mol. The summed E-state index contributed by atoms with van der Waals surface area (Å²) in [5, 5.41) is 9.84. The molecule has 8 nitrogen and oxygen atoms in total. The van der Waals surface area contributed by atoms with Gasteiger partial charge >= 0.3 is 5.97 Å². The maximum absolute atomic E-state index is 13.2. The molecule has 202 valence electrons. The van der Waals surface area contributed by atoms with E-state index in [2.05, 4.69) is 82.1 Å². The van der Waals surface area contributed by atoms with Crippen molar-refractivity contribution in [2.45, 2.75) is 45.2 Å². The lowest BCUT2D eigenvalue weighted by molar-refractivity contribution is -0.150. The number of nitrogens with zero attached hydrogens (tertiary/aromatic N) is 5. The first-order chi connectivity index (χ1) is 18.9. The number of piperidine rings is 1. The van der Waals surface area contributed by atoms with Crippen LogP contribution in [0.1, 0.15) is 37.3 Å². The first-order valence-corrected chi connectivity index (χ1v) is 14.4. The second-order valence-electron chi connectivity index (χ2n) is 9.95. The Morgan fingerprint density at radius 3 is 2.46 bits per heavy atom. The lowest BCUT2D eigenvalue weighted by Gasteiger charge is -2.31. The van der Waals surface area contributed by atoms with Crippen LogP contribution in [0.25, 0.3) is 17.1 Å². The van der Waals surface area contributed by atoms with Crippen molar-refractivity contribution in [1.82, 2.24) is 19.7 Å². The van der Waals surface area contributed by atoms with Crippen LogP contribution in [0.15, 0.2) is 70.5 Å².